The van der Waals surface area contributed by atoms with E-state index in [1.165, 1.54) is 0 Å². The van der Waals surface area contributed by atoms with Crippen LogP contribution in [-0.4, -0.2) is 74.1 Å². The molecule has 3 N–H and O–H groups in total. The van der Waals surface area contributed by atoms with Crippen LogP contribution in [0, 0.1) is 5.92 Å². The van der Waals surface area contributed by atoms with Crippen molar-refractivity contribution in [3.05, 3.63) is 65.2 Å². The number of esters is 1. The van der Waals surface area contributed by atoms with E-state index in [0.29, 0.717) is 18.3 Å². The van der Waals surface area contributed by atoms with Gasteiger partial charge in [-0.25, -0.2) is 4.79 Å². The average Bonchev–Trinajstić information content (AvgIpc) is 3.40. The summed E-state index contributed by atoms with van der Waals surface area (Å²) in [5, 5.41) is 14.7. The third-order valence-electron chi connectivity index (χ3n) is 7.54. The molecule has 0 aliphatic carbocycles. The van der Waals surface area contributed by atoms with Crippen LogP contribution in [0.15, 0.2) is 48.5 Å². The van der Waals surface area contributed by atoms with E-state index in [0.717, 1.165) is 42.6 Å². The Balaban J connectivity index is 1.48. The molecule has 2 aromatic carbocycles. The molecule has 10 heteroatoms. The Kier molecular flexibility index (Phi) is 10.9. The molecule has 2 saturated heterocycles. The minimum atomic E-state index is -0.598. The molecule has 2 fully saturated rings. The van der Waals surface area contributed by atoms with Gasteiger partial charge in [-0.1, -0.05) is 43.3 Å². The second-order valence-corrected chi connectivity index (χ2v) is 10.3. The monoisotopic (exact) mass is 555 g/mol. The molecule has 0 spiro atoms. The van der Waals surface area contributed by atoms with Gasteiger partial charge in [0.1, 0.15) is 6.54 Å². The number of carbonyl (C=O) groups is 2. The molecule has 0 saturated carbocycles. The predicted molar refractivity (Wildman–Crippen MR) is 150 cm³/mol. The van der Waals surface area contributed by atoms with Crippen molar-refractivity contribution in [1.82, 2.24) is 10.2 Å². The number of anilines is 1. The molecule has 0 unspecified atom stereocenters. The van der Waals surface area contributed by atoms with E-state index in [9.17, 15) is 14.7 Å². The minimum absolute atomic E-state index is 0.00714. The van der Waals surface area contributed by atoms with Crippen LogP contribution >= 0.6 is 0 Å². The number of amides is 2. The average molecular weight is 556 g/mol. The lowest BCUT2D eigenvalue weighted by molar-refractivity contribution is -0.276. The highest BCUT2D eigenvalue weighted by atomic mass is 16.7. The maximum absolute atomic E-state index is 12.2. The van der Waals surface area contributed by atoms with Crippen molar-refractivity contribution in [3.8, 4) is 0 Å². The summed E-state index contributed by atoms with van der Waals surface area (Å²) in [5.41, 5.74) is 3.29. The quantitative estimate of drug-likeness (QED) is 0.359. The van der Waals surface area contributed by atoms with Crippen molar-refractivity contribution >= 4 is 17.7 Å². The largest absolute Gasteiger partial charge is 0.465 e. The first-order valence-electron chi connectivity index (χ1n) is 14.0. The smallest absolute Gasteiger partial charge is 0.325 e. The zero-order valence-corrected chi connectivity index (χ0v) is 23.5. The van der Waals surface area contributed by atoms with Gasteiger partial charge >= 0.3 is 12.0 Å². The molecule has 0 radical (unpaired) electrons. The van der Waals surface area contributed by atoms with Gasteiger partial charge < -0.3 is 34.7 Å². The van der Waals surface area contributed by atoms with Crippen LogP contribution in [0.4, 0.5) is 10.5 Å². The summed E-state index contributed by atoms with van der Waals surface area (Å²) in [6.07, 6.45) is 1.38. The zero-order valence-electron chi connectivity index (χ0n) is 23.5. The van der Waals surface area contributed by atoms with Gasteiger partial charge in [-0.2, -0.15) is 0 Å². The molecule has 0 aromatic heterocycles. The topological polar surface area (TPSA) is 119 Å². The highest BCUT2D eigenvalue weighted by molar-refractivity contribution is 5.91. The van der Waals surface area contributed by atoms with Crippen LogP contribution in [0.2, 0.25) is 0 Å². The third-order valence-corrected chi connectivity index (χ3v) is 7.54. The summed E-state index contributed by atoms with van der Waals surface area (Å²) in [7, 11) is 1.74. The Morgan fingerprint density at radius 1 is 1.07 bits per heavy atom. The summed E-state index contributed by atoms with van der Waals surface area (Å²) in [6.45, 7) is 6.42. The van der Waals surface area contributed by atoms with E-state index in [4.69, 9.17) is 18.9 Å². The number of methoxy groups -OCH3 is 1. The van der Waals surface area contributed by atoms with E-state index in [1.807, 2.05) is 36.4 Å². The van der Waals surface area contributed by atoms with Crippen molar-refractivity contribution in [3.63, 3.8) is 0 Å². The van der Waals surface area contributed by atoms with E-state index >= 15 is 0 Å². The number of ether oxygens (including phenoxy) is 4. The molecule has 2 amide bonds. The standard InChI is InChI=1S/C30H41N3O7/c1-4-38-27(35)16-31-30(36)32-24-13-11-23(12-14-24)29-39-26(17-33-15-5-6-25(33)19-37-3)20(2)28(40-29)22-9-7-21(18-34)8-10-22/h7-14,20,25-26,28-29,34H,4-6,15-19H2,1-3H3,(H2,31,32,36)/t20-,25-,26+,28+,29+/m0/s1. The van der Waals surface area contributed by atoms with Gasteiger partial charge in [0.05, 0.1) is 32.0 Å². The van der Waals surface area contributed by atoms with Crippen molar-refractivity contribution in [2.45, 2.75) is 57.8 Å². The number of urea groups is 1. The fourth-order valence-electron chi connectivity index (χ4n) is 5.34. The van der Waals surface area contributed by atoms with Crippen molar-refractivity contribution in [2.24, 2.45) is 5.92 Å². The summed E-state index contributed by atoms with van der Waals surface area (Å²) in [5.74, 6) is -0.407. The Morgan fingerprint density at radius 3 is 2.48 bits per heavy atom. The number of aliphatic hydroxyl groups excluding tert-OH is 1. The van der Waals surface area contributed by atoms with Gasteiger partial charge in [0.2, 0.25) is 0 Å². The molecule has 10 nitrogen and oxygen atoms in total. The molecule has 218 valence electrons. The van der Waals surface area contributed by atoms with Crippen LogP contribution in [0.1, 0.15) is 55.8 Å². The van der Waals surface area contributed by atoms with Gasteiger partial charge in [0, 0.05) is 36.9 Å². The lowest BCUT2D eigenvalue weighted by Crippen LogP contribution is -2.46. The van der Waals surface area contributed by atoms with E-state index < -0.39 is 18.3 Å². The second-order valence-electron chi connectivity index (χ2n) is 10.3. The van der Waals surface area contributed by atoms with E-state index in [1.54, 1.807) is 26.2 Å². The third kappa shape index (κ3) is 7.80. The van der Waals surface area contributed by atoms with Crippen molar-refractivity contribution in [1.29, 1.82) is 0 Å². The molecule has 0 bridgehead atoms. The van der Waals surface area contributed by atoms with Gasteiger partial charge in [-0.3, -0.25) is 9.69 Å². The lowest BCUT2D eigenvalue weighted by atomic mass is 9.90. The molecule has 2 aromatic rings. The molecular weight excluding hydrogens is 514 g/mol. The Morgan fingerprint density at radius 2 is 1.80 bits per heavy atom. The van der Waals surface area contributed by atoms with Crippen LogP contribution < -0.4 is 10.6 Å². The van der Waals surface area contributed by atoms with Gasteiger partial charge in [-0.05, 0) is 49.6 Å². The number of rotatable bonds is 11. The molecule has 2 aliphatic heterocycles. The fourth-order valence-corrected chi connectivity index (χ4v) is 5.34. The molecular formula is C30H41N3O7. The molecule has 2 heterocycles. The summed E-state index contributed by atoms with van der Waals surface area (Å²) in [6, 6.07) is 15.0. The predicted octanol–water partition coefficient (Wildman–Crippen LogP) is 3.77. The highest BCUT2D eigenvalue weighted by Crippen LogP contribution is 2.42. The first-order chi connectivity index (χ1) is 19.4. The molecule has 5 atom stereocenters. The normalized spacial score (nSPS) is 24.9. The Bertz CT molecular complexity index is 1100. The number of nitrogens with one attached hydrogen (secondary N) is 2. The zero-order chi connectivity index (χ0) is 28.5. The number of nitrogens with zero attached hydrogens (tertiary/aromatic N) is 1. The maximum atomic E-state index is 12.2. The number of carbonyl (C=O) groups excluding carboxylic acids is 2. The SMILES string of the molecule is CCOC(=O)CNC(=O)Nc1ccc([C@@H]2O[C@H](CN3CCC[C@H]3COC)[C@H](C)[C@H](c3ccc(CO)cc3)O2)cc1. The van der Waals surface area contributed by atoms with Gasteiger partial charge in [0.25, 0.3) is 0 Å². The first-order valence-corrected chi connectivity index (χ1v) is 14.0. The number of likely N-dealkylation sites (tertiary alicyclic amines) is 1. The van der Waals surface area contributed by atoms with Crippen LogP contribution in [0.3, 0.4) is 0 Å². The first kappa shape index (κ1) is 30.0. The number of aliphatic hydroxyl groups is 1. The molecule has 2 aliphatic rings. The second kappa shape index (κ2) is 14.6. The Labute approximate surface area is 235 Å². The van der Waals surface area contributed by atoms with Crippen LogP contribution in [0.5, 0.6) is 0 Å². The summed E-state index contributed by atoms with van der Waals surface area (Å²) in [4.78, 5) is 26.1. The lowest BCUT2D eigenvalue weighted by Gasteiger charge is -2.43. The highest BCUT2D eigenvalue weighted by Gasteiger charge is 2.40. The maximum Gasteiger partial charge on any atom is 0.325 e. The fraction of sp³-hybridized carbons (Fsp3) is 0.533. The molecule has 4 rings (SSSR count). The number of benzene rings is 2. The minimum Gasteiger partial charge on any atom is -0.465 e. The number of hydrogen-bond donors (Lipinski definition) is 3. The number of hydrogen-bond acceptors (Lipinski definition) is 8. The van der Waals surface area contributed by atoms with Crippen molar-refractivity contribution in [2.75, 3.05) is 45.3 Å². The van der Waals surface area contributed by atoms with Crippen LogP contribution in [-0.2, 0) is 30.3 Å². The van der Waals surface area contributed by atoms with Gasteiger partial charge in [-0.15, -0.1) is 0 Å². The van der Waals surface area contributed by atoms with E-state index in [-0.39, 0.29) is 37.9 Å². The van der Waals surface area contributed by atoms with Gasteiger partial charge in [0.15, 0.2) is 6.29 Å². The summed E-state index contributed by atoms with van der Waals surface area (Å²) < 4.78 is 23.4. The summed E-state index contributed by atoms with van der Waals surface area (Å²) >= 11 is 0. The molecule has 40 heavy (non-hydrogen) atoms. The van der Waals surface area contributed by atoms with E-state index in [2.05, 4.69) is 22.5 Å². The van der Waals surface area contributed by atoms with Crippen molar-refractivity contribution < 1.29 is 33.6 Å². The van der Waals surface area contributed by atoms with Crippen LogP contribution in [0.25, 0.3) is 0 Å². The Hall–Kier alpha value is -3.02.